The molecule has 2 aromatic rings. The van der Waals surface area contributed by atoms with Crippen molar-refractivity contribution in [3.05, 3.63) is 68.9 Å². The summed E-state index contributed by atoms with van der Waals surface area (Å²) in [7, 11) is 0. The summed E-state index contributed by atoms with van der Waals surface area (Å²) in [6.07, 6.45) is 0. The van der Waals surface area contributed by atoms with Gasteiger partial charge in [0, 0.05) is 5.56 Å². The van der Waals surface area contributed by atoms with E-state index in [0.29, 0.717) is 11.1 Å². The summed E-state index contributed by atoms with van der Waals surface area (Å²) in [5.41, 5.74) is 1.30. The Bertz CT molecular complexity index is 626. The monoisotopic (exact) mass is 392 g/mol. The minimum atomic E-state index is -0.542. The Hall–Kier alpha value is -0.810. The number of halogens is 5. The van der Waals surface area contributed by atoms with E-state index in [1.54, 1.807) is 19.1 Å². The van der Waals surface area contributed by atoms with E-state index in [9.17, 15) is 13.2 Å². The molecule has 2 rings (SSSR count). The Morgan fingerprint density at radius 1 is 0.947 bits per heavy atom. The Morgan fingerprint density at radius 3 is 2.26 bits per heavy atom. The number of rotatable bonds is 2. The van der Waals surface area contributed by atoms with Crippen molar-refractivity contribution >= 4 is 31.9 Å². The van der Waals surface area contributed by atoms with Crippen molar-refractivity contribution in [1.82, 2.24) is 0 Å². The molecule has 0 aromatic heterocycles. The predicted molar refractivity (Wildman–Crippen MR) is 76.0 cm³/mol. The number of hydrogen-bond donors (Lipinski definition) is 0. The molecule has 2 aromatic carbocycles. The van der Waals surface area contributed by atoms with Gasteiger partial charge in [0.25, 0.3) is 0 Å². The van der Waals surface area contributed by atoms with Gasteiger partial charge in [0.05, 0.1) is 9.30 Å². The van der Waals surface area contributed by atoms with E-state index in [4.69, 9.17) is 0 Å². The van der Waals surface area contributed by atoms with Gasteiger partial charge in [-0.15, -0.1) is 0 Å². The molecular weight excluding hydrogens is 385 g/mol. The van der Waals surface area contributed by atoms with Crippen molar-refractivity contribution in [1.29, 1.82) is 0 Å². The van der Waals surface area contributed by atoms with Gasteiger partial charge in [0.15, 0.2) is 0 Å². The zero-order chi connectivity index (χ0) is 14.2. The first kappa shape index (κ1) is 14.6. The molecule has 0 aliphatic heterocycles. The van der Waals surface area contributed by atoms with Gasteiger partial charge in [-0.25, -0.2) is 13.2 Å². The van der Waals surface area contributed by atoms with Crippen LogP contribution in [0, 0.1) is 24.4 Å². The lowest BCUT2D eigenvalue weighted by Crippen LogP contribution is -1.99. The Kier molecular flexibility index (Phi) is 4.36. The van der Waals surface area contributed by atoms with E-state index in [-0.39, 0.29) is 15.9 Å². The molecule has 19 heavy (non-hydrogen) atoms. The van der Waals surface area contributed by atoms with Gasteiger partial charge >= 0.3 is 0 Å². The highest BCUT2D eigenvalue weighted by molar-refractivity contribution is 9.10. The van der Waals surface area contributed by atoms with Gasteiger partial charge in [-0.05, 0) is 52.2 Å². The third-order valence-electron chi connectivity index (χ3n) is 2.79. The molecule has 100 valence electrons. The maximum absolute atomic E-state index is 13.8. The highest BCUT2D eigenvalue weighted by Gasteiger charge is 2.18. The van der Waals surface area contributed by atoms with Crippen molar-refractivity contribution < 1.29 is 13.2 Å². The van der Waals surface area contributed by atoms with Crippen LogP contribution in [-0.2, 0) is 0 Å². The number of benzene rings is 2. The highest BCUT2D eigenvalue weighted by atomic mass is 79.9. The molecule has 1 unspecified atom stereocenters. The van der Waals surface area contributed by atoms with Gasteiger partial charge in [0.2, 0.25) is 0 Å². The molecule has 0 saturated heterocycles. The lowest BCUT2D eigenvalue weighted by atomic mass is 10.0. The zero-order valence-corrected chi connectivity index (χ0v) is 13.0. The van der Waals surface area contributed by atoms with Gasteiger partial charge in [-0.2, -0.15) is 0 Å². The molecule has 5 heteroatoms. The number of aryl methyl sites for hydroxylation is 1. The topological polar surface area (TPSA) is 0 Å². The van der Waals surface area contributed by atoms with Crippen molar-refractivity contribution in [2.24, 2.45) is 0 Å². The van der Waals surface area contributed by atoms with Crippen LogP contribution in [0.1, 0.15) is 21.5 Å². The Labute approximate surface area is 125 Å². The van der Waals surface area contributed by atoms with E-state index in [0.717, 1.165) is 12.1 Å². The fourth-order valence-corrected chi connectivity index (χ4v) is 2.69. The van der Waals surface area contributed by atoms with E-state index in [1.807, 2.05) is 0 Å². The summed E-state index contributed by atoms with van der Waals surface area (Å²) in [5.74, 6) is -1.40. The maximum atomic E-state index is 13.8. The van der Waals surface area contributed by atoms with Gasteiger partial charge < -0.3 is 0 Å². The number of hydrogen-bond acceptors (Lipinski definition) is 0. The van der Waals surface area contributed by atoms with E-state index < -0.39 is 16.5 Å². The van der Waals surface area contributed by atoms with Crippen molar-refractivity contribution in [3.8, 4) is 0 Å². The fourth-order valence-electron chi connectivity index (χ4n) is 1.74. The minimum absolute atomic E-state index is 0.0729. The van der Waals surface area contributed by atoms with Crippen LogP contribution in [0.4, 0.5) is 13.2 Å². The average molecular weight is 394 g/mol. The van der Waals surface area contributed by atoms with Crippen LogP contribution in [0.15, 0.2) is 34.8 Å². The summed E-state index contributed by atoms with van der Waals surface area (Å²) < 4.78 is 40.6. The smallest absolute Gasteiger partial charge is 0.137 e. The molecule has 0 bridgehead atoms. The summed E-state index contributed by atoms with van der Waals surface area (Å²) in [4.78, 5) is -0.533. The molecular formula is C14H9Br2F3. The van der Waals surface area contributed by atoms with Gasteiger partial charge in [-0.3, -0.25) is 0 Å². The normalized spacial score (nSPS) is 12.5. The highest BCUT2D eigenvalue weighted by Crippen LogP contribution is 2.35. The maximum Gasteiger partial charge on any atom is 0.137 e. The molecule has 0 spiro atoms. The summed E-state index contributed by atoms with van der Waals surface area (Å²) in [6, 6.07) is 6.66. The lowest BCUT2D eigenvalue weighted by Gasteiger charge is -2.13. The van der Waals surface area contributed by atoms with Gasteiger partial charge in [-0.1, -0.05) is 28.1 Å². The zero-order valence-electron chi connectivity index (χ0n) is 9.85. The second-order valence-electron chi connectivity index (χ2n) is 4.16. The second kappa shape index (κ2) is 5.67. The lowest BCUT2D eigenvalue weighted by molar-refractivity contribution is 0.583. The van der Waals surface area contributed by atoms with E-state index in [2.05, 4.69) is 31.9 Å². The van der Waals surface area contributed by atoms with Crippen molar-refractivity contribution in [2.45, 2.75) is 11.8 Å². The van der Waals surface area contributed by atoms with E-state index in [1.165, 1.54) is 6.07 Å². The molecule has 0 heterocycles. The number of alkyl halides is 1. The first-order chi connectivity index (χ1) is 8.90. The first-order valence-corrected chi connectivity index (χ1v) is 7.15. The minimum Gasteiger partial charge on any atom is -0.207 e. The molecule has 0 fully saturated rings. The molecule has 0 N–H and O–H groups in total. The van der Waals surface area contributed by atoms with Gasteiger partial charge in [0.1, 0.15) is 17.5 Å². The summed E-state index contributed by atoms with van der Waals surface area (Å²) >= 11 is 6.24. The van der Waals surface area contributed by atoms with Crippen LogP contribution in [0.5, 0.6) is 0 Å². The standard InChI is InChI=1S/C14H9Br2F3/c1-7-4-8(2-3-11(7)17)14(16)9-5-13(19)10(15)6-12(9)18/h2-6,14H,1H3. The third kappa shape index (κ3) is 3.03. The van der Waals surface area contributed by atoms with Crippen molar-refractivity contribution in [3.63, 3.8) is 0 Å². The Balaban J connectivity index is 2.46. The largest absolute Gasteiger partial charge is 0.207 e. The summed E-state index contributed by atoms with van der Waals surface area (Å²) in [5, 5.41) is 0. The van der Waals surface area contributed by atoms with Crippen LogP contribution in [0.2, 0.25) is 0 Å². The van der Waals surface area contributed by atoms with Crippen LogP contribution in [-0.4, -0.2) is 0 Å². The quantitative estimate of drug-likeness (QED) is 0.456. The predicted octanol–water partition coefficient (Wildman–Crippen LogP) is 5.66. The molecule has 0 amide bonds. The fraction of sp³-hybridized carbons (Fsp3) is 0.143. The van der Waals surface area contributed by atoms with E-state index >= 15 is 0 Å². The summed E-state index contributed by atoms with van der Waals surface area (Å²) in [6.45, 7) is 1.62. The molecule has 1 atom stereocenters. The first-order valence-electron chi connectivity index (χ1n) is 5.44. The van der Waals surface area contributed by atoms with Crippen LogP contribution >= 0.6 is 31.9 Å². The molecule has 0 aliphatic carbocycles. The van der Waals surface area contributed by atoms with Crippen LogP contribution in [0.3, 0.4) is 0 Å². The van der Waals surface area contributed by atoms with Crippen molar-refractivity contribution in [2.75, 3.05) is 0 Å². The van der Waals surface area contributed by atoms with Crippen LogP contribution in [0.25, 0.3) is 0 Å². The molecule has 0 aliphatic rings. The Morgan fingerprint density at radius 2 is 1.63 bits per heavy atom. The SMILES string of the molecule is Cc1cc(C(Br)c2cc(F)c(Br)cc2F)ccc1F. The molecule has 0 radical (unpaired) electrons. The average Bonchev–Trinajstić information content (AvgIpc) is 2.36. The molecule has 0 saturated carbocycles. The second-order valence-corrected chi connectivity index (χ2v) is 5.93. The van der Waals surface area contributed by atoms with Crippen LogP contribution < -0.4 is 0 Å². The third-order valence-corrected chi connectivity index (χ3v) is 4.42. The molecule has 0 nitrogen and oxygen atoms in total.